The van der Waals surface area contributed by atoms with Gasteiger partial charge in [0.25, 0.3) is 0 Å². The maximum atomic E-state index is 13.0. The Labute approximate surface area is 228 Å². The first-order chi connectivity index (χ1) is 19.1. The van der Waals surface area contributed by atoms with Crippen molar-refractivity contribution >= 4 is 17.8 Å². The highest BCUT2D eigenvalue weighted by molar-refractivity contribution is 5.92. The number of likely N-dealkylation sites (tertiary alicyclic amines) is 1. The molecule has 0 radical (unpaired) electrons. The molecule has 0 aliphatic carbocycles. The Morgan fingerprint density at radius 1 is 1.03 bits per heavy atom. The van der Waals surface area contributed by atoms with Crippen LogP contribution in [0.2, 0.25) is 0 Å². The molecule has 3 aromatic rings. The van der Waals surface area contributed by atoms with E-state index in [1.165, 1.54) is 6.33 Å². The van der Waals surface area contributed by atoms with Crippen molar-refractivity contribution in [3.63, 3.8) is 0 Å². The second-order valence-electron chi connectivity index (χ2n) is 9.05. The van der Waals surface area contributed by atoms with Gasteiger partial charge in [-0.15, -0.1) is 0 Å². The fourth-order valence-corrected chi connectivity index (χ4v) is 4.23. The highest BCUT2D eigenvalue weighted by Gasteiger charge is 2.28. The van der Waals surface area contributed by atoms with Crippen molar-refractivity contribution in [3.05, 3.63) is 110 Å². The van der Waals surface area contributed by atoms with Crippen LogP contribution in [0.25, 0.3) is 11.3 Å². The summed E-state index contributed by atoms with van der Waals surface area (Å²) in [4.78, 5) is 35.7. The number of carbonyl (C=O) groups is 2. The standard InChI is InChI=1S/C31H32N4O4/c1-3-10-23(4-2)20-38-28-14-9-8-13-26(28)27-19-29(33-22-32-27)34-30(36)25-15-17-35(18-16-25)31(37)39-21-24-11-6-5-7-12-24/h3-14,19,22,25H,1-2,15-18,20-21H2,(H,32,33,34,36)/b23-10+. The molecule has 0 bridgehead atoms. The van der Waals surface area contributed by atoms with E-state index in [2.05, 4.69) is 28.4 Å². The Balaban J connectivity index is 1.32. The van der Waals surface area contributed by atoms with Crippen LogP contribution >= 0.6 is 0 Å². The average Bonchev–Trinajstić information content (AvgIpc) is 2.99. The number of aromatic nitrogens is 2. The molecule has 39 heavy (non-hydrogen) atoms. The molecule has 1 N–H and O–H groups in total. The minimum atomic E-state index is -0.362. The fraction of sp³-hybridized carbons (Fsp3) is 0.226. The fourth-order valence-electron chi connectivity index (χ4n) is 4.23. The highest BCUT2D eigenvalue weighted by Crippen LogP contribution is 2.30. The number of nitrogens with one attached hydrogen (secondary N) is 1. The molecule has 2 amide bonds. The number of amides is 2. The first-order valence-corrected chi connectivity index (χ1v) is 12.8. The number of anilines is 1. The zero-order chi connectivity index (χ0) is 27.5. The average molecular weight is 525 g/mol. The number of piperidine rings is 1. The quantitative estimate of drug-likeness (QED) is 0.337. The summed E-state index contributed by atoms with van der Waals surface area (Å²) in [5, 5.41) is 2.91. The van der Waals surface area contributed by atoms with Crippen molar-refractivity contribution in [3.8, 4) is 17.0 Å². The van der Waals surface area contributed by atoms with Gasteiger partial charge in [-0.1, -0.05) is 73.9 Å². The van der Waals surface area contributed by atoms with Gasteiger partial charge in [-0.25, -0.2) is 14.8 Å². The molecular formula is C31H32N4O4. The Hall–Kier alpha value is -4.72. The lowest BCUT2D eigenvalue weighted by molar-refractivity contribution is -0.121. The summed E-state index contributed by atoms with van der Waals surface area (Å²) in [5.74, 6) is 0.692. The van der Waals surface area contributed by atoms with E-state index in [1.807, 2.05) is 60.7 Å². The Morgan fingerprint density at radius 2 is 1.77 bits per heavy atom. The van der Waals surface area contributed by atoms with Crippen molar-refractivity contribution in [1.82, 2.24) is 14.9 Å². The van der Waals surface area contributed by atoms with Gasteiger partial charge in [-0.2, -0.15) is 0 Å². The number of rotatable bonds is 10. The molecule has 0 atom stereocenters. The van der Waals surface area contributed by atoms with Crippen LogP contribution in [-0.4, -0.2) is 46.6 Å². The molecule has 0 spiro atoms. The SMILES string of the molecule is C=C/C=C(\C=C)COc1ccccc1-c1cc(NC(=O)C2CCN(C(=O)OCc3ccccc3)CC2)ncn1. The summed E-state index contributed by atoms with van der Waals surface area (Å²) in [6, 6.07) is 18.8. The summed E-state index contributed by atoms with van der Waals surface area (Å²) in [7, 11) is 0. The van der Waals surface area contributed by atoms with E-state index in [0.29, 0.717) is 49.8 Å². The van der Waals surface area contributed by atoms with Gasteiger partial charge in [0.1, 0.15) is 31.1 Å². The third kappa shape index (κ3) is 7.64. The summed E-state index contributed by atoms with van der Waals surface area (Å²) in [6.45, 7) is 8.98. The third-order valence-electron chi connectivity index (χ3n) is 6.40. The smallest absolute Gasteiger partial charge is 0.410 e. The number of benzene rings is 2. The van der Waals surface area contributed by atoms with Crippen molar-refractivity contribution in [2.45, 2.75) is 19.4 Å². The lowest BCUT2D eigenvalue weighted by Crippen LogP contribution is -2.41. The number of carbonyl (C=O) groups excluding carboxylic acids is 2. The first-order valence-electron chi connectivity index (χ1n) is 12.8. The van der Waals surface area contributed by atoms with E-state index in [0.717, 1.165) is 16.7 Å². The molecule has 8 heteroatoms. The number of hydrogen-bond donors (Lipinski definition) is 1. The Bertz CT molecular complexity index is 1330. The van der Waals surface area contributed by atoms with Crippen LogP contribution < -0.4 is 10.1 Å². The molecule has 200 valence electrons. The number of hydrogen-bond acceptors (Lipinski definition) is 6. The van der Waals surface area contributed by atoms with Crippen LogP contribution in [0.5, 0.6) is 5.75 Å². The monoisotopic (exact) mass is 524 g/mol. The first kappa shape index (κ1) is 27.3. The van der Waals surface area contributed by atoms with Crippen molar-refractivity contribution in [1.29, 1.82) is 0 Å². The van der Waals surface area contributed by atoms with Crippen LogP contribution in [0, 0.1) is 5.92 Å². The minimum Gasteiger partial charge on any atom is -0.488 e. The molecule has 1 aliphatic heterocycles. The lowest BCUT2D eigenvalue weighted by atomic mass is 9.96. The van der Waals surface area contributed by atoms with Crippen LogP contribution in [0.15, 0.2) is 104 Å². The number of nitrogens with zero attached hydrogens (tertiary/aromatic N) is 3. The maximum Gasteiger partial charge on any atom is 0.410 e. The molecule has 8 nitrogen and oxygen atoms in total. The van der Waals surface area contributed by atoms with Gasteiger partial charge in [0.2, 0.25) is 5.91 Å². The second kappa shape index (κ2) is 13.7. The Kier molecular flexibility index (Phi) is 9.61. The topological polar surface area (TPSA) is 93.7 Å². The summed E-state index contributed by atoms with van der Waals surface area (Å²) < 4.78 is 11.4. The van der Waals surface area contributed by atoms with Crippen molar-refractivity contribution < 1.29 is 19.1 Å². The molecule has 0 saturated carbocycles. The van der Waals surface area contributed by atoms with E-state index in [9.17, 15) is 9.59 Å². The molecular weight excluding hydrogens is 492 g/mol. The van der Waals surface area contributed by atoms with E-state index < -0.39 is 0 Å². The molecule has 1 aliphatic rings. The number of para-hydroxylation sites is 1. The predicted molar refractivity (Wildman–Crippen MR) is 151 cm³/mol. The van der Waals surface area contributed by atoms with Gasteiger partial charge in [0.15, 0.2) is 0 Å². The van der Waals surface area contributed by atoms with Gasteiger partial charge in [-0.3, -0.25) is 4.79 Å². The normalized spacial score (nSPS) is 13.8. The molecule has 1 saturated heterocycles. The zero-order valence-corrected chi connectivity index (χ0v) is 21.8. The van der Waals surface area contributed by atoms with Crippen LogP contribution in [0.4, 0.5) is 10.6 Å². The minimum absolute atomic E-state index is 0.133. The Morgan fingerprint density at radius 3 is 2.51 bits per heavy atom. The van der Waals surface area contributed by atoms with Crippen molar-refractivity contribution in [2.75, 3.05) is 25.0 Å². The molecule has 1 fully saturated rings. The number of ether oxygens (including phenoxy) is 2. The van der Waals surface area contributed by atoms with Gasteiger partial charge in [0, 0.05) is 30.6 Å². The summed E-state index contributed by atoms with van der Waals surface area (Å²) >= 11 is 0. The lowest BCUT2D eigenvalue weighted by Gasteiger charge is -2.30. The van der Waals surface area contributed by atoms with Gasteiger partial charge in [0.05, 0.1) is 5.69 Å². The highest BCUT2D eigenvalue weighted by atomic mass is 16.6. The predicted octanol–water partition coefficient (Wildman–Crippen LogP) is 5.81. The molecule has 0 unspecified atom stereocenters. The largest absolute Gasteiger partial charge is 0.488 e. The molecule has 1 aromatic heterocycles. The van der Waals surface area contributed by atoms with Gasteiger partial charge in [-0.05, 0) is 36.1 Å². The molecule has 2 heterocycles. The van der Waals surface area contributed by atoms with Crippen molar-refractivity contribution in [2.24, 2.45) is 5.92 Å². The van der Waals surface area contributed by atoms with Crippen LogP contribution in [0.3, 0.4) is 0 Å². The van der Waals surface area contributed by atoms with Gasteiger partial charge < -0.3 is 19.7 Å². The molecule has 4 rings (SSSR count). The molecule has 2 aromatic carbocycles. The van der Waals surface area contributed by atoms with E-state index in [-0.39, 0.29) is 24.5 Å². The van der Waals surface area contributed by atoms with E-state index >= 15 is 0 Å². The summed E-state index contributed by atoms with van der Waals surface area (Å²) in [5.41, 5.74) is 3.23. The van der Waals surface area contributed by atoms with E-state index in [4.69, 9.17) is 9.47 Å². The van der Waals surface area contributed by atoms with Crippen LogP contribution in [-0.2, 0) is 16.1 Å². The number of allylic oxidation sites excluding steroid dienone is 2. The second-order valence-corrected chi connectivity index (χ2v) is 9.05. The summed E-state index contributed by atoms with van der Waals surface area (Å²) in [6.07, 6.45) is 7.40. The maximum absolute atomic E-state index is 13.0. The van der Waals surface area contributed by atoms with E-state index in [1.54, 1.807) is 23.1 Å². The van der Waals surface area contributed by atoms with Gasteiger partial charge >= 0.3 is 6.09 Å². The van der Waals surface area contributed by atoms with Crippen LogP contribution in [0.1, 0.15) is 18.4 Å². The zero-order valence-electron chi connectivity index (χ0n) is 21.8. The third-order valence-corrected chi connectivity index (χ3v) is 6.40.